The number of rotatable bonds is 4. The molecule has 0 aromatic heterocycles. The van der Waals surface area contributed by atoms with Gasteiger partial charge in [0, 0.05) is 11.0 Å². The van der Waals surface area contributed by atoms with Crippen LogP contribution >= 0.6 is 15.9 Å². The zero-order chi connectivity index (χ0) is 15.6. The number of benzene rings is 2. The minimum atomic E-state index is -3.54. The normalized spacial score (nSPS) is 13.9. The molecule has 1 aliphatic heterocycles. The second-order valence-electron chi connectivity index (χ2n) is 4.76. The van der Waals surface area contributed by atoms with Crippen LogP contribution in [0.5, 0.6) is 11.5 Å². The minimum absolute atomic E-state index is 0.190. The van der Waals surface area contributed by atoms with E-state index in [4.69, 9.17) is 9.47 Å². The van der Waals surface area contributed by atoms with Crippen LogP contribution in [0, 0.1) is 0 Å². The Kier molecular flexibility index (Phi) is 4.37. The molecule has 0 atom stereocenters. The minimum Gasteiger partial charge on any atom is -0.486 e. The molecule has 2 aromatic carbocycles. The van der Waals surface area contributed by atoms with E-state index in [1.807, 2.05) is 6.07 Å². The molecule has 0 unspecified atom stereocenters. The van der Waals surface area contributed by atoms with E-state index < -0.39 is 10.0 Å². The van der Waals surface area contributed by atoms with E-state index in [-0.39, 0.29) is 11.4 Å². The van der Waals surface area contributed by atoms with Crippen LogP contribution in [-0.2, 0) is 16.6 Å². The van der Waals surface area contributed by atoms with Gasteiger partial charge in [0.15, 0.2) is 11.5 Å². The maximum Gasteiger partial charge on any atom is 0.240 e. The van der Waals surface area contributed by atoms with Crippen LogP contribution in [-0.4, -0.2) is 21.6 Å². The first-order valence-electron chi connectivity index (χ1n) is 6.68. The van der Waals surface area contributed by atoms with Crippen LogP contribution in [0.25, 0.3) is 0 Å². The van der Waals surface area contributed by atoms with Gasteiger partial charge in [-0.2, -0.15) is 0 Å². The predicted octanol–water partition coefficient (Wildman–Crippen LogP) is 2.70. The van der Waals surface area contributed by atoms with Crippen molar-refractivity contribution in [2.75, 3.05) is 13.2 Å². The number of fused-ring (bicyclic) bond motifs is 1. The molecule has 22 heavy (non-hydrogen) atoms. The van der Waals surface area contributed by atoms with Gasteiger partial charge in [-0.05, 0) is 42.0 Å². The molecule has 0 saturated carbocycles. The highest BCUT2D eigenvalue weighted by atomic mass is 79.9. The van der Waals surface area contributed by atoms with Crippen LogP contribution < -0.4 is 14.2 Å². The Labute approximate surface area is 137 Å². The summed E-state index contributed by atoms with van der Waals surface area (Å²) in [6, 6.07) is 11.9. The van der Waals surface area contributed by atoms with E-state index in [1.165, 1.54) is 0 Å². The zero-order valence-corrected chi connectivity index (χ0v) is 14.0. The van der Waals surface area contributed by atoms with E-state index in [0.29, 0.717) is 24.7 Å². The first kappa shape index (κ1) is 15.3. The van der Waals surface area contributed by atoms with Crippen molar-refractivity contribution in [1.29, 1.82) is 0 Å². The summed E-state index contributed by atoms with van der Waals surface area (Å²) < 4.78 is 38.8. The number of halogens is 1. The van der Waals surface area contributed by atoms with Crippen LogP contribution in [0.1, 0.15) is 5.56 Å². The lowest BCUT2D eigenvalue weighted by atomic mass is 10.2. The first-order chi connectivity index (χ1) is 10.5. The number of ether oxygens (including phenoxy) is 2. The topological polar surface area (TPSA) is 64.6 Å². The SMILES string of the molecule is O=S(=O)(NCc1ccc2c(c1)OCCO2)c1ccc(Br)cc1. The van der Waals surface area contributed by atoms with E-state index in [2.05, 4.69) is 20.7 Å². The standard InChI is InChI=1S/C15H14BrNO4S/c16-12-2-4-13(5-3-12)22(18,19)17-10-11-1-6-14-15(9-11)21-8-7-20-14/h1-6,9,17H,7-8,10H2. The highest BCUT2D eigenvalue weighted by molar-refractivity contribution is 9.10. The summed E-state index contributed by atoms with van der Waals surface area (Å²) in [5.41, 5.74) is 0.810. The molecule has 0 bridgehead atoms. The summed E-state index contributed by atoms with van der Waals surface area (Å²) in [4.78, 5) is 0.230. The molecule has 5 nitrogen and oxygen atoms in total. The lowest BCUT2D eigenvalue weighted by Crippen LogP contribution is -2.23. The largest absolute Gasteiger partial charge is 0.486 e. The lowest BCUT2D eigenvalue weighted by Gasteiger charge is -2.19. The van der Waals surface area contributed by atoms with Crippen molar-refractivity contribution in [3.8, 4) is 11.5 Å². The van der Waals surface area contributed by atoms with Crippen LogP contribution in [0.4, 0.5) is 0 Å². The van der Waals surface area contributed by atoms with E-state index in [1.54, 1.807) is 36.4 Å². The van der Waals surface area contributed by atoms with Crippen molar-refractivity contribution in [2.45, 2.75) is 11.4 Å². The Morgan fingerprint density at radius 2 is 1.68 bits per heavy atom. The van der Waals surface area contributed by atoms with Gasteiger partial charge in [0.25, 0.3) is 0 Å². The highest BCUT2D eigenvalue weighted by Crippen LogP contribution is 2.30. The first-order valence-corrected chi connectivity index (χ1v) is 8.96. The fourth-order valence-electron chi connectivity index (χ4n) is 2.07. The third-order valence-corrected chi connectivity index (χ3v) is 5.14. The molecule has 0 aliphatic carbocycles. The summed E-state index contributed by atoms with van der Waals surface area (Å²) in [7, 11) is -3.54. The van der Waals surface area contributed by atoms with Gasteiger partial charge in [-0.25, -0.2) is 13.1 Å². The third kappa shape index (κ3) is 3.43. The van der Waals surface area contributed by atoms with E-state index in [9.17, 15) is 8.42 Å². The number of hydrogen-bond acceptors (Lipinski definition) is 4. The Morgan fingerprint density at radius 1 is 1.00 bits per heavy atom. The molecule has 116 valence electrons. The monoisotopic (exact) mass is 383 g/mol. The van der Waals surface area contributed by atoms with Gasteiger partial charge in [-0.3, -0.25) is 0 Å². The molecule has 1 heterocycles. The molecule has 2 aromatic rings. The molecule has 1 N–H and O–H groups in total. The van der Waals surface area contributed by atoms with Gasteiger partial charge >= 0.3 is 0 Å². The van der Waals surface area contributed by atoms with Crippen molar-refractivity contribution in [3.63, 3.8) is 0 Å². The third-order valence-electron chi connectivity index (χ3n) is 3.20. The van der Waals surface area contributed by atoms with Gasteiger partial charge in [0.05, 0.1) is 4.90 Å². The van der Waals surface area contributed by atoms with Gasteiger partial charge < -0.3 is 9.47 Å². The van der Waals surface area contributed by atoms with Crippen molar-refractivity contribution in [2.24, 2.45) is 0 Å². The Bertz CT molecular complexity index is 775. The summed E-state index contributed by atoms with van der Waals surface area (Å²) >= 11 is 3.28. The second-order valence-corrected chi connectivity index (χ2v) is 7.44. The van der Waals surface area contributed by atoms with Gasteiger partial charge in [-0.15, -0.1) is 0 Å². The molecule has 0 saturated heterocycles. The van der Waals surface area contributed by atoms with Gasteiger partial charge in [-0.1, -0.05) is 22.0 Å². The quantitative estimate of drug-likeness (QED) is 0.881. The van der Waals surface area contributed by atoms with Crippen LogP contribution in [0.2, 0.25) is 0 Å². The summed E-state index contributed by atoms with van der Waals surface area (Å²) in [6.07, 6.45) is 0. The molecule has 3 rings (SSSR count). The molecule has 0 amide bonds. The average Bonchev–Trinajstić information content (AvgIpc) is 2.53. The van der Waals surface area contributed by atoms with Crippen molar-refractivity contribution >= 4 is 26.0 Å². The number of sulfonamides is 1. The van der Waals surface area contributed by atoms with Crippen molar-refractivity contribution in [3.05, 3.63) is 52.5 Å². The van der Waals surface area contributed by atoms with Crippen molar-refractivity contribution in [1.82, 2.24) is 4.72 Å². The molecular weight excluding hydrogens is 370 g/mol. The fraction of sp³-hybridized carbons (Fsp3) is 0.200. The van der Waals surface area contributed by atoms with Crippen LogP contribution in [0.3, 0.4) is 0 Å². The number of nitrogens with one attached hydrogen (secondary N) is 1. The predicted molar refractivity (Wildman–Crippen MR) is 85.6 cm³/mol. The Morgan fingerprint density at radius 3 is 2.41 bits per heavy atom. The average molecular weight is 384 g/mol. The summed E-state index contributed by atoms with van der Waals surface area (Å²) in [6.45, 7) is 1.22. The van der Waals surface area contributed by atoms with Gasteiger partial charge in [0.1, 0.15) is 13.2 Å². The number of hydrogen-bond donors (Lipinski definition) is 1. The van der Waals surface area contributed by atoms with Crippen molar-refractivity contribution < 1.29 is 17.9 Å². The molecule has 0 spiro atoms. The van der Waals surface area contributed by atoms with E-state index >= 15 is 0 Å². The maximum atomic E-state index is 12.2. The molecule has 1 aliphatic rings. The Balaban J connectivity index is 1.73. The molecule has 7 heteroatoms. The molecule has 0 radical (unpaired) electrons. The zero-order valence-electron chi connectivity index (χ0n) is 11.6. The second kappa shape index (κ2) is 6.28. The van der Waals surface area contributed by atoms with Gasteiger partial charge in [0.2, 0.25) is 10.0 Å². The Hall–Kier alpha value is -1.57. The summed E-state index contributed by atoms with van der Waals surface area (Å²) in [5.74, 6) is 1.33. The maximum absolute atomic E-state index is 12.2. The van der Waals surface area contributed by atoms with E-state index in [0.717, 1.165) is 10.0 Å². The molecular formula is C15H14BrNO4S. The smallest absolute Gasteiger partial charge is 0.240 e. The lowest BCUT2D eigenvalue weighted by molar-refractivity contribution is 0.171. The molecule has 0 fully saturated rings. The summed E-state index contributed by atoms with van der Waals surface area (Å²) in [5, 5.41) is 0. The highest BCUT2D eigenvalue weighted by Gasteiger charge is 2.15. The van der Waals surface area contributed by atoms with Crippen LogP contribution in [0.15, 0.2) is 51.8 Å². The fourth-order valence-corrected chi connectivity index (χ4v) is 3.36.